The van der Waals surface area contributed by atoms with Crippen LogP contribution in [0, 0.1) is 12.7 Å². The van der Waals surface area contributed by atoms with Crippen molar-refractivity contribution in [3.63, 3.8) is 0 Å². The van der Waals surface area contributed by atoms with Gasteiger partial charge in [0.05, 0.1) is 4.47 Å². The molecule has 1 fully saturated rings. The van der Waals surface area contributed by atoms with E-state index in [1.807, 2.05) is 13.0 Å². The maximum absolute atomic E-state index is 13.2. The Hall–Kier alpha value is -0.570. The van der Waals surface area contributed by atoms with Crippen molar-refractivity contribution in [3.8, 4) is 0 Å². The molecule has 3 heteroatoms. The van der Waals surface area contributed by atoms with Crippen LogP contribution < -0.4 is 4.90 Å². The van der Waals surface area contributed by atoms with Crippen LogP contribution in [0.4, 0.5) is 10.1 Å². The molecule has 0 atom stereocenters. The molecule has 14 heavy (non-hydrogen) atoms. The average molecular weight is 258 g/mol. The first-order valence-corrected chi connectivity index (χ1v) is 5.69. The molecule has 0 bridgehead atoms. The molecule has 1 aliphatic heterocycles. The van der Waals surface area contributed by atoms with Gasteiger partial charge in [-0.3, -0.25) is 0 Å². The summed E-state index contributed by atoms with van der Waals surface area (Å²) < 4.78 is 13.8. The van der Waals surface area contributed by atoms with Crippen LogP contribution >= 0.6 is 15.9 Å². The second-order valence-corrected chi connectivity index (χ2v) is 4.49. The fraction of sp³-hybridized carbons (Fsp3) is 0.455. The highest BCUT2D eigenvalue weighted by Gasteiger charge is 2.16. The Balaban J connectivity index is 2.38. The smallest absolute Gasteiger partial charge is 0.137 e. The maximum atomic E-state index is 13.2. The van der Waals surface area contributed by atoms with Crippen molar-refractivity contribution in [2.75, 3.05) is 18.0 Å². The minimum Gasteiger partial charge on any atom is -0.371 e. The molecule has 0 radical (unpaired) electrons. The van der Waals surface area contributed by atoms with Crippen LogP contribution in [0.2, 0.25) is 0 Å². The number of rotatable bonds is 1. The summed E-state index contributed by atoms with van der Waals surface area (Å²) in [6.45, 7) is 4.15. The second-order valence-electron chi connectivity index (χ2n) is 3.70. The molecule has 2 rings (SSSR count). The van der Waals surface area contributed by atoms with Crippen LogP contribution in [-0.2, 0) is 0 Å². The van der Waals surface area contributed by atoms with Crippen LogP contribution in [0.25, 0.3) is 0 Å². The van der Waals surface area contributed by atoms with Gasteiger partial charge in [0.25, 0.3) is 0 Å². The maximum Gasteiger partial charge on any atom is 0.137 e. The van der Waals surface area contributed by atoms with Gasteiger partial charge in [0, 0.05) is 18.8 Å². The molecular weight excluding hydrogens is 245 g/mol. The Kier molecular flexibility index (Phi) is 2.77. The first-order chi connectivity index (χ1) is 6.70. The van der Waals surface area contributed by atoms with Crippen molar-refractivity contribution in [1.29, 1.82) is 0 Å². The van der Waals surface area contributed by atoms with E-state index >= 15 is 0 Å². The third-order valence-corrected chi connectivity index (χ3v) is 3.73. The molecule has 1 aliphatic rings. The molecular formula is C11H13BrFN. The summed E-state index contributed by atoms with van der Waals surface area (Å²) in [5, 5.41) is 0. The van der Waals surface area contributed by atoms with Gasteiger partial charge in [0.2, 0.25) is 0 Å². The van der Waals surface area contributed by atoms with E-state index in [0.717, 1.165) is 24.3 Å². The predicted octanol–water partition coefficient (Wildman–Crippen LogP) is 3.50. The Morgan fingerprint density at radius 2 is 1.93 bits per heavy atom. The summed E-state index contributed by atoms with van der Waals surface area (Å²) in [4.78, 5) is 2.32. The van der Waals surface area contributed by atoms with Crippen LogP contribution in [0.3, 0.4) is 0 Å². The molecule has 1 aromatic rings. The van der Waals surface area contributed by atoms with E-state index in [2.05, 4.69) is 20.8 Å². The molecule has 1 aromatic carbocycles. The zero-order valence-electron chi connectivity index (χ0n) is 8.19. The topological polar surface area (TPSA) is 3.24 Å². The highest BCUT2D eigenvalue weighted by atomic mass is 79.9. The first kappa shape index (κ1) is 9.97. The molecule has 1 saturated heterocycles. The average Bonchev–Trinajstić information content (AvgIpc) is 2.67. The zero-order valence-corrected chi connectivity index (χ0v) is 9.77. The lowest BCUT2D eigenvalue weighted by Gasteiger charge is -2.20. The number of anilines is 1. The molecule has 1 nitrogen and oxygen atoms in total. The lowest BCUT2D eigenvalue weighted by molar-refractivity contribution is 0.619. The van der Waals surface area contributed by atoms with E-state index in [1.165, 1.54) is 18.9 Å². The number of hydrogen-bond acceptors (Lipinski definition) is 1. The largest absolute Gasteiger partial charge is 0.371 e. The number of hydrogen-bond donors (Lipinski definition) is 0. The summed E-state index contributed by atoms with van der Waals surface area (Å²) in [5.74, 6) is -0.176. The number of halogens is 2. The van der Waals surface area contributed by atoms with E-state index in [4.69, 9.17) is 0 Å². The number of nitrogens with zero attached hydrogens (tertiary/aromatic N) is 1. The normalized spacial score (nSPS) is 16.4. The molecule has 0 saturated carbocycles. The molecule has 1 heterocycles. The minimum absolute atomic E-state index is 0.176. The molecule has 0 spiro atoms. The van der Waals surface area contributed by atoms with E-state index in [0.29, 0.717) is 4.47 Å². The fourth-order valence-electron chi connectivity index (χ4n) is 1.94. The van der Waals surface area contributed by atoms with Gasteiger partial charge < -0.3 is 4.90 Å². The summed E-state index contributed by atoms with van der Waals surface area (Å²) in [6, 6.07) is 3.41. The summed E-state index contributed by atoms with van der Waals surface area (Å²) in [6.07, 6.45) is 2.49. The quantitative estimate of drug-likeness (QED) is 0.745. The van der Waals surface area contributed by atoms with Gasteiger partial charge in [-0.25, -0.2) is 4.39 Å². The van der Waals surface area contributed by atoms with Crippen molar-refractivity contribution in [3.05, 3.63) is 28.0 Å². The summed E-state index contributed by atoms with van der Waals surface area (Å²) >= 11 is 3.28. The zero-order chi connectivity index (χ0) is 10.1. The van der Waals surface area contributed by atoms with Crippen LogP contribution in [-0.4, -0.2) is 13.1 Å². The molecule has 0 amide bonds. The lowest BCUT2D eigenvalue weighted by Crippen LogP contribution is -2.18. The Labute approximate surface area is 92.0 Å². The molecule has 0 aliphatic carbocycles. The van der Waals surface area contributed by atoms with E-state index < -0.39 is 0 Å². The Bertz CT molecular complexity index is 345. The van der Waals surface area contributed by atoms with Crippen LogP contribution in [0.15, 0.2) is 16.6 Å². The van der Waals surface area contributed by atoms with Crippen LogP contribution in [0.1, 0.15) is 18.4 Å². The molecule has 76 valence electrons. The second kappa shape index (κ2) is 3.89. The molecule has 0 N–H and O–H groups in total. The predicted molar refractivity (Wildman–Crippen MR) is 60.3 cm³/mol. The Morgan fingerprint density at radius 3 is 2.57 bits per heavy atom. The number of benzene rings is 1. The van der Waals surface area contributed by atoms with Crippen molar-refractivity contribution >= 4 is 21.6 Å². The van der Waals surface area contributed by atoms with Crippen LogP contribution in [0.5, 0.6) is 0 Å². The van der Waals surface area contributed by atoms with Crippen molar-refractivity contribution in [1.82, 2.24) is 0 Å². The van der Waals surface area contributed by atoms with Gasteiger partial charge in [0.15, 0.2) is 0 Å². The van der Waals surface area contributed by atoms with E-state index in [-0.39, 0.29) is 5.82 Å². The standard InChI is InChI=1S/C11H13BrFN/c1-8-10(14-6-2-3-7-14)5-4-9(13)11(8)12/h4-5H,2-3,6-7H2,1H3. The highest BCUT2D eigenvalue weighted by Crippen LogP contribution is 2.31. The van der Waals surface area contributed by atoms with Gasteiger partial charge in [-0.1, -0.05) is 0 Å². The summed E-state index contributed by atoms with van der Waals surface area (Å²) in [7, 11) is 0. The van der Waals surface area contributed by atoms with Gasteiger partial charge in [-0.15, -0.1) is 0 Å². The van der Waals surface area contributed by atoms with Crippen molar-refractivity contribution < 1.29 is 4.39 Å². The van der Waals surface area contributed by atoms with Gasteiger partial charge in [0.1, 0.15) is 5.82 Å². The van der Waals surface area contributed by atoms with E-state index in [1.54, 1.807) is 0 Å². The van der Waals surface area contributed by atoms with Gasteiger partial charge in [-0.2, -0.15) is 0 Å². The van der Waals surface area contributed by atoms with E-state index in [9.17, 15) is 4.39 Å². The van der Waals surface area contributed by atoms with Gasteiger partial charge >= 0.3 is 0 Å². The van der Waals surface area contributed by atoms with Crippen molar-refractivity contribution in [2.24, 2.45) is 0 Å². The molecule has 0 aromatic heterocycles. The third kappa shape index (κ3) is 1.65. The summed E-state index contributed by atoms with van der Waals surface area (Å²) in [5.41, 5.74) is 2.17. The third-order valence-electron chi connectivity index (χ3n) is 2.76. The van der Waals surface area contributed by atoms with Gasteiger partial charge in [-0.05, 0) is 53.4 Å². The highest BCUT2D eigenvalue weighted by molar-refractivity contribution is 9.10. The molecule has 0 unspecified atom stereocenters. The monoisotopic (exact) mass is 257 g/mol. The van der Waals surface area contributed by atoms with Crippen molar-refractivity contribution in [2.45, 2.75) is 19.8 Å². The Morgan fingerprint density at radius 1 is 1.29 bits per heavy atom. The lowest BCUT2D eigenvalue weighted by atomic mass is 10.2. The minimum atomic E-state index is -0.176. The fourth-order valence-corrected chi connectivity index (χ4v) is 2.28. The first-order valence-electron chi connectivity index (χ1n) is 4.89. The SMILES string of the molecule is Cc1c(N2CCCC2)ccc(F)c1Br.